The molecule has 0 aliphatic carbocycles. The quantitative estimate of drug-likeness (QED) is 0.410. The number of thioether (sulfide) groups is 1. The highest BCUT2D eigenvalue weighted by Gasteiger charge is 2.16. The van der Waals surface area contributed by atoms with Crippen LogP contribution in [0, 0.1) is 6.92 Å². The van der Waals surface area contributed by atoms with Crippen molar-refractivity contribution in [3.8, 4) is 5.69 Å². The van der Waals surface area contributed by atoms with Crippen LogP contribution in [-0.4, -0.2) is 40.6 Å². The van der Waals surface area contributed by atoms with E-state index in [0.717, 1.165) is 17.2 Å². The lowest BCUT2D eigenvalue weighted by atomic mass is 10.2. The summed E-state index contributed by atoms with van der Waals surface area (Å²) in [4.78, 5) is 24.3. The largest absolute Gasteiger partial charge is 0.462 e. The molecule has 2 aromatic heterocycles. The van der Waals surface area contributed by atoms with Crippen LogP contribution in [0.4, 0.5) is 0 Å². The number of nitrogens with zero attached hydrogens (tertiary/aromatic N) is 2. The lowest BCUT2D eigenvalue weighted by Gasteiger charge is -2.08. The molecule has 2 heterocycles. The Kier molecular flexibility index (Phi) is 7.48. The Morgan fingerprint density at radius 2 is 2.03 bits per heavy atom. The van der Waals surface area contributed by atoms with Gasteiger partial charge in [0.2, 0.25) is 0 Å². The molecule has 0 spiro atoms. The SMILES string of the molecule is CCOC(=O)c1cnn(-c2ccc(C(=O)NCCSCc3ccsc3)cc2)c1C. The second-order valence-electron chi connectivity index (χ2n) is 6.26. The first-order valence-corrected chi connectivity index (χ1v) is 11.4. The number of hydrogen-bond acceptors (Lipinski definition) is 6. The van der Waals surface area contributed by atoms with Gasteiger partial charge in [-0.2, -0.15) is 28.2 Å². The van der Waals surface area contributed by atoms with E-state index >= 15 is 0 Å². The van der Waals surface area contributed by atoms with Crippen molar-refractivity contribution in [1.82, 2.24) is 15.1 Å². The van der Waals surface area contributed by atoms with E-state index in [1.54, 1.807) is 46.8 Å². The van der Waals surface area contributed by atoms with Gasteiger partial charge in [0.15, 0.2) is 0 Å². The van der Waals surface area contributed by atoms with Crippen LogP contribution >= 0.6 is 23.1 Å². The zero-order chi connectivity index (χ0) is 20.6. The van der Waals surface area contributed by atoms with Crippen molar-refractivity contribution in [1.29, 1.82) is 0 Å². The maximum Gasteiger partial charge on any atom is 0.341 e. The number of thiophene rings is 1. The predicted molar refractivity (Wildman–Crippen MR) is 117 cm³/mol. The second kappa shape index (κ2) is 10.3. The summed E-state index contributed by atoms with van der Waals surface area (Å²) in [7, 11) is 0. The van der Waals surface area contributed by atoms with E-state index in [-0.39, 0.29) is 11.9 Å². The first-order chi connectivity index (χ1) is 14.1. The average molecular weight is 430 g/mol. The number of nitrogens with one attached hydrogen (secondary N) is 1. The first-order valence-electron chi connectivity index (χ1n) is 9.29. The maximum atomic E-state index is 12.3. The number of carbonyl (C=O) groups excluding carboxylic acids is 2. The smallest absolute Gasteiger partial charge is 0.341 e. The summed E-state index contributed by atoms with van der Waals surface area (Å²) >= 11 is 3.50. The van der Waals surface area contributed by atoms with Gasteiger partial charge in [0.05, 0.1) is 24.2 Å². The van der Waals surface area contributed by atoms with E-state index < -0.39 is 0 Å². The molecule has 0 aliphatic rings. The molecule has 3 aromatic rings. The molecule has 1 amide bonds. The van der Waals surface area contributed by atoms with Gasteiger partial charge in [-0.25, -0.2) is 9.48 Å². The summed E-state index contributed by atoms with van der Waals surface area (Å²) in [6, 6.07) is 9.27. The van der Waals surface area contributed by atoms with Crippen LogP contribution in [-0.2, 0) is 10.5 Å². The van der Waals surface area contributed by atoms with E-state index in [1.807, 2.05) is 19.1 Å². The normalized spacial score (nSPS) is 10.7. The Bertz CT molecular complexity index is 950. The summed E-state index contributed by atoms with van der Waals surface area (Å²) in [6.45, 7) is 4.52. The third-order valence-corrected chi connectivity index (χ3v) is 6.02. The molecule has 0 unspecified atom stereocenters. The Labute approximate surface area is 178 Å². The van der Waals surface area contributed by atoms with Crippen molar-refractivity contribution in [2.45, 2.75) is 19.6 Å². The summed E-state index contributed by atoms with van der Waals surface area (Å²) in [5.74, 6) is 1.34. The number of esters is 1. The third kappa shape index (κ3) is 5.48. The molecule has 0 saturated heterocycles. The molecular formula is C21H23N3O3S2. The number of rotatable bonds is 9. The maximum absolute atomic E-state index is 12.3. The van der Waals surface area contributed by atoms with Crippen molar-refractivity contribution in [3.05, 3.63) is 69.7 Å². The molecule has 29 heavy (non-hydrogen) atoms. The molecule has 6 nitrogen and oxygen atoms in total. The summed E-state index contributed by atoms with van der Waals surface area (Å²) in [5.41, 5.74) is 3.83. The van der Waals surface area contributed by atoms with Gasteiger partial charge in [0.25, 0.3) is 5.91 Å². The number of hydrogen-bond donors (Lipinski definition) is 1. The monoisotopic (exact) mass is 429 g/mol. The number of ether oxygens (including phenoxy) is 1. The van der Waals surface area contributed by atoms with Gasteiger partial charge < -0.3 is 10.1 Å². The van der Waals surface area contributed by atoms with E-state index in [1.165, 1.54) is 11.8 Å². The van der Waals surface area contributed by atoms with E-state index in [2.05, 4.69) is 27.2 Å². The Morgan fingerprint density at radius 3 is 2.72 bits per heavy atom. The van der Waals surface area contributed by atoms with Crippen LogP contribution in [0.15, 0.2) is 47.3 Å². The highest BCUT2D eigenvalue weighted by Crippen LogP contribution is 2.16. The topological polar surface area (TPSA) is 73.2 Å². The predicted octanol–water partition coefficient (Wildman–Crippen LogP) is 4.08. The second-order valence-corrected chi connectivity index (χ2v) is 8.15. The minimum absolute atomic E-state index is 0.0999. The Hall–Kier alpha value is -2.58. The zero-order valence-corrected chi connectivity index (χ0v) is 18.0. The fraction of sp³-hybridized carbons (Fsp3) is 0.286. The molecular weight excluding hydrogens is 406 g/mol. The van der Waals surface area contributed by atoms with Crippen molar-refractivity contribution in [3.63, 3.8) is 0 Å². The molecule has 1 aromatic carbocycles. The summed E-state index contributed by atoms with van der Waals surface area (Å²) in [5, 5.41) is 11.4. The van der Waals surface area contributed by atoms with Gasteiger partial charge in [-0.1, -0.05) is 0 Å². The zero-order valence-electron chi connectivity index (χ0n) is 16.4. The summed E-state index contributed by atoms with van der Waals surface area (Å²) < 4.78 is 6.70. The number of carbonyl (C=O) groups is 2. The van der Waals surface area contributed by atoms with E-state index in [4.69, 9.17) is 4.74 Å². The van der Waals surface area contributed by atoms with Gasteiger partial charge in [-0.3, -0.25) is 4.79 Å². The first kappa shape index (κ1) is 21.1. The number of benzene rings is 1. The van der Waals surface area contributed by atoms with Crippen molar-refractivity contribution < 1.29 is 14.3 Å². The lowest BCUT2D eigenvalue weighted by molar-refractivity contribution is 0.0525. The molecule has 0 fully saturated rings. The van der Waals surface area contributed by atoms with Crippen LogP contribution < -0.4 is 5.32 Å². The van der Waals surface area contributed by atoms with Crippen LogP contribution in [0.25, 0.3) is 5.69 Å². The highest BCUT2D eigenvalue weighted by atomic mass is 32.2. The van der Waals surface area contributed by atoms with E-state index in [0.29, 0.717) is 30.0 Å². The van der Waals surface area contributed by atoms with Crippen LogP contribution in [0.2, 0.25) is 0 Å². The average Bonchev–Trinajstić information content (AvgIpc) is 3.37. The van der Waals surface area contributed by atoms with Gasteiger partial charge in [0, 0.05) is 23.6 Å². The van der Waals surface area contributed by atoms with E-state index in [9.17, 15) is 9.59 Å². The van der Waals surface area contributed by atoms with Gasteiger partial charge in [-0.05, 0) is 60.5 Å². The highest BCUT2D eigenvalue weighted by molar-refractivity contribution is 7.98. The Morgan fingerprint density at radius 1 is 1.24 bits per heavy atom. The van der Waals surface area contributed by atoms with Crippen LogP contribution in [0.5, 0.6) is 0 Å². The standard InChI is InChI=1S/C21H23N3O3S2/c1-3-27-21(26)19-12-23-24(15(19)2)18-6-4-17(5-7-18)20(25)22-9-11-29-14-16-8-10-28-13-16/h4-8,10,12-13H,3,9,11,14H2,1-2H3,(H,22,25). The van der Waals surface area contributed by atoms with Gasteiger partial charge >= 0.3 is 5.97 Å². The molecule has 8 heteroatoms. The molecule has 152 valence electrons. The molecule has 0 aliphatic heterocycles. The lowest BCUT2D eigenvalue weighted by Crippen LogP contribution is -2.25. The van der Waals surface area contributed by atoms with Crippen LogP contribution in [0.1, 0.15) is 38.9 Å². The van der Waals surface area contributed by atoms with Gasteiger partial charge in [-0.15, -0.1) is 0 Å². The minimum Gasteiger partial charge on any atom is -0.462 e. The molecule has 0 saturated carbocycles. The van der Waals surface area contributed by atoms with Gasteiger partial charge in [0.1, 0.15) is 5.56 Å². The molecule has 0 bridgehead atoms. The fourth-order valence-corrected chi connectivity index (χ4v) is 4.32. The molecule has 3 rings (SSSR count). The minimum atomic E-state index is -0.385. The van der Waals surface area contributed by atoms with Crippen molar-refractivity contribution in [2.24, 2.45) is 0 Å². The molecule has 0 atom stereocenters. The third-order valence-electron chi connectivity index (χ3n) is 4.26. The number of amides is 1. The van der Waals surface area contributed by atoms with Crippen LogP contribution in [0.3, 0.4) is 0 Å². The number of aromatic nitrogens is 2. The Balaban J connectivity index is 1.53. The van der Waals surface area contributed by atoms with Crippen molar-refractivity contribution >= 4 is 35.0 Å². The molecule has 0 radical (unpaired) electrons. The van der Waals surface area contributed by atoms with Crippen molar-refractivity contribution in [2.75, 3.05) is 18.9 Å². The fourth-order valence-electron chi connectivity index (χ4n) is 2.74. The molecule has 1 N–H and O–H groups in total. The summed E-state index contributed by atoms with van der Waals surface area (Å²) in [6.07, 6.45) is 1.50.